The van der Waals surface area contributed by atoms with Crippen molar-refractivity contribution in [1.82, 2.24) is 9.97 Å². The van der Waals surface area contributed by atoms with Crippen molar-refractivity contribution in [2.45, 2.75) is 26.2 Å². The topological polar surface area (TPSA) is 38.9 Å². The van der Waals surface area contributed by atoms with Crippen LogP contribution in [0.1, 0.15) is 36.9 Å². The molecule has 0 saturated heterocycles. The van der Waals surface area contributed by atoms with Crippen molar-refractivity contribution in [3.8, 4) is 0 Å². The molecule has 0 unspecified atom stereocenters. The Morgan fingerprint density at radius 3 is 2.68 bits per heavy atom. The van der Waals surface area contributed by atoms with Gasteiger partial charge in [0.2, 0.25) is 0 Å². The Bertz CT molecular complexity index is 686. The normalized spacial score (nSPS) is 11.3. The molecule has 0 radical (unpaired) electrons. The van der Waals surface area contributed by atoms with Gasteiger partial charge >= 0.3 is 0 Å². The Balaban J connectivity index is 1.93. The van der Waals surface area contributed by atoms with E-state index >= 15 is 0 Å². The highest BCUT2D eigenvalue weighted by atomic mass is 16.3. The number of fused-ring (bicyclic) bond motifs is 1. The van der Waals surface area contributed by atoms with Crippen molar-refractivity contribution in [2.75, 3.05) is 0 Å². The van der Waals surface area contributed by atoms with Crippen molar-refractivity contribution < 1.29 is 4.42 Å². The minimum Gasteiger partial charge on any atom is -0.440 e. The summed E-state index contributed by atoms with van der Waals surface area (Å²) in [6.07, 6.45) is 2.61. The van der Waals surface area contributed by atoms with Crippen LogP contribution in [0.25, 0.3) is 11.1 Å². The van der Waals surface area contributed by atoms with Gasteiger partial charge in [0.1, 0.15) is 5.52 Å². The van der Waals surface area contributed by atoms with Gasteiger partial charge in [-0.2, -0.15) is 0 Å². The lowest BCUT2D eigenvalue weighted by molar-refractivity contribution is 0.501. The molecule has 0 N–H and O–H groups in total. The third-order valence-corrected chi connectivity index (χ3v) is 3.07. The van der Waals surface area contributed by atoms with E-state index in [0.717, 1.165) is 29.1 Å². The first-order valence-electron chi connectivity index (χ1n) is 6.51. The van der Waals surface area contributed by atoms with Gasteiger partial charge in [-0.1, -0.05) is 44.2 Å². The zero-order valence-corrected chi connectivity index (χ0v) is 11.1. The van der Waals surface area contributed by atoms with E-state index < -0.39 is 0 Å². The first-order chi connectivity index (χ1) is 9.22. The summed E-state index contributed by atoms with van der Waals surface area (Å²) in [6.45, 7) is 4.14. The average molecular weight is 252 g/mol. The van der Waals surface area contributed by atoms with Crippen molar-refractivity contribution in [2.24, 2.45) is 0 Å². The summed E-state index contributed by atoms with van der Waals surface area (Å²) < 4.78 is 5.76. The van der Waals surface area contributed by atoms with Gasteiger partial charge in [0, 0.05) is 24.1 Å². The minimum absolute atomic E-state index is 0.296. The molecule has 3 rings (SSSR count). The fourth-order valence-corrected chi connectivity index (χ4v) is 2.04. The van der Waals surface area contributed by atoms with Crippen LogP contribution in [0.5, 0.6) is 0 Å². The van der Waals surface area contributed by atoms with E-state index in [0.29, 0.717) is 5.92 Å². The molecule has 0 aliphatic rings. The first kappa shape index (κ1) is 11.9. The molecule has 1 aromatic carbocycles. The summed E-state index contributed by atoms with van der Waals surface area (Å²) in [5.41, 5.74) is 3.91. The number of oxazole rings is 1. The predicted molar refractivity (Wildman–Crippen MR) is 75.1 cm³/mol. The monoisotopic (exact) mass is 252 g/mol. The molecule has 0 amide bonds. The molecule has 0 spiro atoms. The maximum Gasteiger partial charge on any atom is 0.198 e. The van der Waals surface area contributed by atoms with Gasteiger partial charge in [-0.15, -0.1) is 0 Å². The highest BCUT2D eigenvalue weighted by Gasteiger charge is 2.10. The molecule has 0 aliphatic carbocycles. The van der Waals surface area contributed by atoms with Crippen LogP contribution in [0, 0.1) is 0 Å². The Kier molecular flexibility index (Phi) is 3.03. The highest BCUT2D eigenvalue weighted by Crippen LogP contribution is 2.21. The Hall–Kier alpha value is -2.16. The van der Waals surface area contributed by atoms with Crippen LogP contribution in [0.4, 0.5) is 0 Å². The van der Waals surface area contributed by atoms with Gasteiger partial charge in [0.15, 0.2) is 11.5 Å². The van der Waals surface area contributed by atoms with Crippen LogP contribution >= 0.6 is 0 Å². The average Bonchev–Trinajstić information content (AvgIpc) is 2.83. The fourth-order valence-electron chi connectivity index (χ4n) is 2.04. The Morgan fingerprint density at radius 1 is 1.16 bits per heavy atom. The van der Waals surface area contributed by atoms with Gasteiger partial charge in [-0.05, 0) is 5.56 Å². The summed E-state index contributed by atoms with van der Waals surface area (Å²) >= 11 is 0. The molecule has 2 aromatic heterocycles. The summed E-state index contributed by atoms with van der Waals surface area (Å²) in [5, 5.41) is 0. The van der Waals surface area contributed by atoms with Crippen molar-refractivity contribution in [3.05, 3.63) is 59.7 Å². The zero-order valence-electron chi connectivity index (χ0n) is 11.1. The predicted octanol–water partition coefficient (Wildman–Crippen LogP) is 3.94. The standard InChI is InChI=1S/C16H16N2O/c1-11(2)16-18-14-10-17-13(9-15(14)19-16)8-12-6-4-3-5-7-12/h3-7,9-11H,8H2,1-2H3. The van der Waals surface area contributed by atoms with E-state index in [9.17, 15) is 0 Å². The number of rotatable bonds is 3. The molecule has 3 nitrogen and oxygen atoms in total. The number of hydrogen-bond acceptors (Lipinski definition) is 3. The van der Waals surface area contributed by atoms with Crippen LogP contribution < -0.4 is 0 Å². The van der Waals surface area contributed by atoms with Gasteiger partial charge in [-0.25, -0.2) is 4.98 Å². The zero-order chi connectivity index (χ0) is 13.2. The van der Waals surface area contributed by atoms with Crippen LogP contribution in [0.3, 0.4) is 0 Å². The van der Waals surface area contributed by atoms with E-state index in [1.807, 2.05) is 24.3 Å². The molecule has 0 bridgehead atoms. The third-order valence-electron chi connectivity index (χ3n) is 3.07. The summed E-state index contributed by atoms with van der Waals surface area (Å²) in [7, 11) is 0. The second kappa shape index (κ2) is 4.84. The molecule has 0 atom stereocenters. The lowest BCUT2D eigenvalue weighted by Crippen LogP contribution is -1.91. The van der Waals surface area contributed by atoms with Crippen molar-refractivity contribution >= 4 is 11.1 Å². The number of pyridine rings is 1. The number of benzene rings is 1. The van der Waals surface area contributed by atoms with E-state index in [-0.39, 0.29) is 0 Å². The molecule has 3 aromatic rings. The van der Waals surface area contributed by atoms with Crippen LogP contribution in [0.15, 0.2) is 47.0 Å². The van der Waals surface area contributed by atoms with Crippen molar-refractivity contribution in [1.29, 1.82) is 0 Å². The van der Waals surface area contributed by atoms with Gasteiger partial charge in [-0.3, -0.25) is 4.98 Å². The molecule has 3 heteroatoms. The van der Waals surface area contributed by atoms with E-state index in [2.05, 4.69) is 35.9 Å². The molecule has 0 aliphatic heterocycles. The molecule has 0 fully saturated rings. The Labute approximate surface area is 112 Å². The highest BCUT2D eigenvalue weighted by molar-refractivity contribution is 5.71. The summed E-state index contributed by atoms with van der Waals surface area (Å²) in [4.78, 5) is 8.88. The van der Waals surface area contributed by atoms with Crippen LogP contribution in [-0.4, -0.2) is 9.97 Å². The second-order valence-electron chi connectivity index (χ2n) is 5.01. The smallest absolute Gasteiger partial charge is 0.198 e. The maximum absolute atomic E-state index is 5.76. The largest absolute Gasteiger partial charge is 0.440 e. The van der Waals surface area contributed by atoms with Crippen LogP contribution in [0.2, 0.25) is 0 Å². The quantitative estimate of drug-likeness (QED) is 0.708. The molecular formula is C16H16N2O. The maximum atomic E-state index is 5.76. The second-order valence-corrected chi connectivity index (χ2v) is 5.01. The number of hydrogen-bond donors (Lipinski definition) is 0. The summed E-state index contributed by atoms with van der Waals surface area (Å²) in [5.74, 6) is 1.07. The van der Waals surface area contributed by atoms with Crippen LogP contribution in [-0.2, 0) is 6.42 Å². The molecule has 19 heavy (non-hydrogen) atoms. The summed E-state index contributed by atoms with van der Waals surface area (Å²) in [6, 6.07) is 12.3. The fraction of sp³-hybridized carbons (Fsp3) is 0.250. The first-order valence-corrected chi connectivity index (χ1v) is 6.51. The third kappa shape index (κ3) is 2.50. The van der Waals surface area contributed by atoms with E-state index in [1.165, 1.54) is 5.56 Å². The molecule has 0 saturated carbocycles. The van der Waals surface area contributed by atoms with Gasteiger partial charge < -0.3 is 4.42 Å². The number of nitrogens with zero attached hydrogens (tertiary/aromatic N) is 2. The van der Waals surface area contributed by atoms with Crippen molar-refractivity contribution in [3.63, 3.8) is 0 Å². The van der Waals surface area contributed by atoms with E-state index in [1.54, 1.807) is 6.20 Å². The van der Waals surface area contributed by atoms with Gasteiger partial charge in [0.25, 0.3) is 0 Å². The van der Waals surface area contributed by atoms with E-state index in [4.69, 9.17) is 4.42 Å². The van der Waals surface area contributed by atoms with Gasteiger partial charge in [0.05, 0.1) is 6.20 Å². The molecule has 2 heterocycles. The molecular weight excluding hydrogens is 236 g/mol. The number of aromatic nitrogens is 2. The SMILES string of the molecule is CC(C)c1nc2cnc(Cc3ccccc3)cc2o1. The lowest BCUT2D eigenvalue weighted by atomic mass is 10.1. The Morgan fingerprint density at radius 2 is 1.95 bits per heavy atom. The lowest BCUT2D eigenvalue weighted by Gasteiger charge is -2.00. The minimum atomic E-state index is 0.296. The molecule has 96 valence electrons.